The van der Waals surface area contributed by atoms with Crippen molar-refractivity contribution in [2.75, 3.05) is 19.6 Å². The van der Waals surface area contributed by atoms with Crippen LogP contribution in [0.2, 0.25) is 0 Å². The Hall–Kier alpha value is -0.770. The van der Waals surface area contributed by atoms with Crippen molar-refractivity contribution in [1.29, 1.82) is 0 Å². The molecule has 2 rings (SSSR count). The second-order valence-corrected chi connectivity index (χ2v) is 5.71. The average molecular weight is 240 g/mol. The number of hydrogen-bond donors (Lipinski definition) is 2. The average Bonchev–Trinajstić information content (AvgIpc) is 2.72. The zero-order valence-corrected chi connectivity index (χ0v) is 10.7. The molecule has 0 radical (unpaired) electrons. The number of aliphatic hydroxyl groups is 1. The van der Waals surface area contributed by atoms with E-state index in [0.29, 0.717) is 11.8 Å². The molecule has 2 amide bonds. The van der Waals surface area contributed by atoms with Crippen molar-refractivity contribution in [2.45, 2.75) is 45.1 Å². The Morgan fingerprint density at radius 3 is 2.88 bits per heavy atom. The molecule has 1 heterocycles. The summed E-state index contributed by atoms with van der Waals surface area (Å²) in [4.78, 5) is 13.9. The third kappa shape index (κ3) is 3.60. The molecule has 2 N–H and O–H groups in total. The fourth-order valence-electron chi connectivity index (χ4n) is 2.95. The van der Waals surface area contributed by atoms with Crippen molar-refractivity contribution in [2.24, 2.45) is 11.8 Å². The highest BCUT2D eigenvalue weighted by Crippen LogP contribution is 2.24. The second-order valence-electron chi connectivity index (χ2n) is 5.71. The Bertz CT molecular complexity index is 270. The molecule has 1 saturated carbocycles. The van der Waals surface area contributed by atoms with E-state index in [0.717, 1.165) is 45.3 Å². The van der Waals surface area contributed by atoms with Crippen LogP contribution in [0.1, 0.15) is 39.0 Å². The molecule has 1 saturated heterocycles. The first-order chi connectivity index (χ1) is 8.15. The summed E-state index contributed by atoms with van der Waals surface area (Å²) < 4.78 is 0. The second kappa shape index (κ2) is 5.71. The van der Waals surface area contributed by atoms with E-state index >= 15 is 0 Å². The zero-order valence-electron chi connectivity index (χ0n) is 10.7. The SMILES string of the molecule is CC1CCCN(C(=O)NCC2CCC(O)C2)C1. The van der Waals surface area contributed by atoms with Crippen LogP contribution in [0.5, 0.6) is 0 Å². The van der Waals surface area contributed by atoms with Crippen molar-refractivity contribution in [3.63, 3.8) is 0 Å². The van der Waals surface area contributed by atoms with Gasteiger partial charge in [0.1, 0.15) is 0 Å². The fraction of sp³-hybridized carbons (Fsp3) is 0.923. The molecule has 4 nitrogen and oxygen atoms in total. The molecule has 1 aliphatic carbocycles. The van der Waals surface area contributed by atoms with Crippen LogP contribution in [0.3, 0.4) is 0 Å². The monoisotopic (exact) mass is 240 g/mol. The van der Waals surface area contributed by atoms with E-state index < -0.39 is 0 Å². The highest BCUT2D eigenvalue weighted by Gasteiger charge is 2.25. The molecule has 0 aromatic heterocycles. The van der Waals surface area contributed by atoms with E-state index in [9.17, 15) is 9.90 Å². The van der Waals surface area contributed by atoms with Crippen LogP contribution in [-0.2, 0) is 0 Å². The first-order valence-corrected chi connectivity index (χ1v) is 6.86. The minimum Gasteiger partial charge on any atom is -0.393 e. The molecule has 2 fully saturated rings. The number of urea groups is 1. The van der Waals surface area contributed by atoms with Crippen molar-refractivity contribution in [3.05, 3.63) is 0 Å². The molecule has 0 aromatic rings. The smallest absolute Gasteiger partial charge is 0.317 e. The first kappa shape index (κ1) is 12.7. The number of carbonyl (C=O) groups excluding carboxylic acids is 1. The van der Waals surface area contributed by atoms with Gasteiger partial charge in [0.15, 0.2) is 0 Å². The lowest BCUT2D eigenvalue weighted by Crippen LogP contribution is -2.46. The normalized spacial score (nSPS) is 33.8. The Balaban J connectivity index is 1.69. The minimum absolute atomic E-state index is 0.0814. The van der Waals surface area contributed by atoms with Crippen molar-refractivity contribution >= 4 is 6.03 Å². The Morgan fingerprint density at radius 2 is 2.24 bits per heavy atom. The molecule has 1 aliphatic heterocycles. The summed E-state index contributed by atoms with van der Waals surface area (Å²) in [6.45, 7) is 4.70. The third-order valence-electron chi connectivity index (χ3n) is 4.00. The van der Waals surface area contributed by atoms with Crippen LogP contribution >= 0.6 is 0 Å². The molecule has 98 valence electrons. The summed E-state index contributed by atoms with van der Waals surface area (Å²) in [6.07, 6.45) is 4.98. The maximum Gasteiger partial charge on any atom is 0.317 e. The van der Waals surface area contributed by atoms with Gasteiger partial charge in [0.25, 0.3) is 0 Å². The first-order valence-electron chi connectivity index (χ1n) is 6.86. The van der Waals surface area contributed by atoms with Gasteiger partial charge in [0.2, 0.25) is 0 Å². The number of piperidine rings is 1. The predicted octanol–water partition coefficient (Wildman–Crippen LogP) is 1.59. The Kier molecular flexibility index (Phi) is 4.26. The van der Waals surface area contributed by atoms with E-state index in [1.165, 1.54) is 6.42 Å². The lowest BCUT2D eigenvalue weighted by molar-refractivity contribution is 0.165. The van der Waals surface area contributed by atoms with E-state index in [1.54, 1.807) is 0 Å². The topological polar surface area (TPSA) is 52.6 Å². The highest BCUT2D eigenvalue weighted by atomic mass is 16.3. The van der Waals surface area contributed by atoms with Gasteiger partial charge >= 0.3 is 6.03 Å². The molecule has 3 atom stereocenters. The predicted molar refractivity (Wildman–Crippen MR) is 66.7 cm³/mol. The van der Waals surface area contributed by atoms with Gasteiger partial charge in [-0.15, -0.1) is 0 Å². The van der Waals surface area contributed by atoms with Crippen LogP contribution < -0.4 is 5.32 Å². The highest BCUT2D eigenvalue weighted by molar-refractivity contribution is 5.74. The molecule has 0 bridgehead atoms. The number of likely N-dealkylation sites (tertiary alicyclic amines) is 1. The standard InChI is InChI=1S/C13H24N2O2/c1-10-3-2-6-15(9-10)13(17)14-8-11-4-5-12(16)7-11/h10-12,16H,2-9H2,1H3,(H,14,17). The molecule has 4 heteroatoms. The van der Waals surface area contributed by atoms with Crippen LogP contribution in [0.15, 0.2) is 0 Å². The largest absolute Gasteiger partial charge is 0.393 e. The number of amides is 2. The number of nitrogens with one attached hydrogen (secondary N) is 1. The van der Waals surface area contributed by atoms with Crippen LogP contribution in [0.4, 0.5) is 4.79 Å². The molecule has 0 aromatic carbocycles. The van der Waals surface area contributed by atoms with E-state index in [2.05, 4.69) is 12.2 Å². The van der Waals surface area contributed by atoms with E-state index in [-0.39, 0.29) is 12.1 Å². The molecule has 3 unspecified atom stereocenters. The summed E-state index contributed by atoms with van der Waals surface area (Å²) in [6, 6.07) is 0.0814. The van der Waals surface area contributed by atoms with Gasteiger partial charge in [-0.25, -0.2) is 4.79 Å². The molecular formula is C13H24N2O2. The maximum atomic E-state index is 11.9. The number of rotatable bonds is 2. The molecule has 0 spiro atoms. The zero-order chi connectivity index (χ0) is 12.3. The van der Waals surface area contributed by atoms with E-state index in [1.807, 2.05) is 4.90 Å². The van der Waals surface area contributed by atoms with Crippen LogP contribution in [0.25, 0.3) is 0 Å². The van der Waals surface area contributed by atoms with Crippen molar-refractivity contribution < 1.29 is 9.90 Å². The number of nitrogens with zero attached hydrogens (tertiary/aromatic N) is 1. The summed E-state index contributed by atoms with van der Waals surface area (Å²) in [5.41, 5.74) is 0. The third-order valence-corrected chi connectivity index (χ3v) is 4.00. The van der Waals surface area contributed by atoms with Gasteiger partial charge in [-0.05, 0) is 43.9 Å². The summed E-state index contributed by atoms with van der Waals surface area (Å²) >= 11 is 0. The van der Waals surface area contributed by atoms with Crippen LogP contribution in [0, 0.1) is 11.8 Å². The lowest BCUT2D eigenvalue weighted by Gasteiger charge is -2.31. The summed E-state index contributed by atoms with van der Waals surface area (Å²) in [5.74, 6) is 1.10. The minimum atomic E-state index is -0.146. The van der Waals surface area contributed by atoms with E-state index in [4.69, 9.17) is 0 Å². The molecular weight excluding hydrogens is 216 g/mol. The molecule has 17 heavy (non-hydrogen) atoms. The quantitative estimate of drug-likeness (QED) is 0.770. The Labute approximate surface area is 103 Å². The fourth-order valence-corrected chi connectivity index (χ4v) is 2.95. The Morgan fingerprint density at radius 1 is 1.41 bits per heavy atom. The summed E-state index contributed by atoms with van der Waals surface area (Å²) in [7, 11) is 0. The summed E-state index contributed by atoms with van der Waals surface area (Å²) in [5, 5.41) is 12.4. The van der Waals surface area contributed by atoms with Gasteiger partial charge in [0, 0.05) is 19.6 Å². The van der Waals surface area contributed by atoms with Crippen LogP contribution in [-0.4, -0.2) is 41.8 Å². The van der Waals surface area contributed by atoms with Gasteiger partial charge in [0.05, 0.1) is 6.10 Å². The lowest BCUT2D eigenvalue weighted by atomic mass is 10.0. The van der Waals surface area contributed by atoms with Gasteiger partial charge in [-0.1, -0.05) is 6.92 Å². The number of carbonyl (C=O) groups is 1. The van der Waals surface area contributed by atoms with Gasteiger partial charge in [-0.2, -0.15) is 0 Å². The van der Waals surface area contributed by atoms with Crippen molar-refractivity contribution in [3.8, 4) is 0 Å². The maximum absolute atomic E-state index is 11.9. The number of aliphatic hydroxyl groups excluding tert-OH is 1. The number of hydrogen-bond acceptors (Lipinski definition) is 2. The van der Waals surface area contributed by atoms with Crippen molar-refractivity contribution in [1.82, 2.24) is 10.2 Å². The molecule has 2 aliphatic rings. The van der Waals surface area contributed by atoms with Gasteiger partial charge < -0.3 is 15.3 Å². The van der Waals surface area contributed by atoms with Gasteiger partial charge in [-0.3, -0.25) is 0 Å².